The number of nitrogens with zero attached hydrogens (tertiary/aromatic N) is 1. The van der Waals surface area contributed by atoms with Gasteiger partial charge in [-0.3, -0.25) is 4.42 Å². The molecule has 3 nitrogen and oxygen atoms in total. The number of ether oxygens (including phenoxy) is 1. The van der Waals surface area contributed by atoms with E-state index in [1.165, 1.54) is 0 Å². The van der Waals surface area contributed by atoms with E-state index in [9.17, 15) is 4.79 Å². The zero-order chi connectivity index (χ0) is 12.1. The second kappa shape index (κ2) is 5.75. The molecule has 1 rings (SSSR count). The molecule has 0 aromatic heterocycles. The predicted octanol–water partition coefficient (Wildman–Crippen LogP) is 3.23. The van der Waals surface area contributed by atoms with E-state index in [2.05, 4.69) is 0 Å². The molecule has 0 aliphatic carbocycles. The van der Waals surface area contributed by atoms with Gasteiger partial charge in [0.1, 0.15) is 0 Å². The maximum atomic E-state index is 11.5. The number of carbonyl (C=O) groups excluding carboxylic acids is 1. The highest BCUT2D eigenvalue weighted by molar-refractivity contribution is 6.25. The number of benzene rings is 1. The van der Waals surface area contributed by atoms with Gasteiger partial charge in [0.25, 0.3) is 0 Å². The van der Waals surface area contributed by atoms with Crippen molar-refractivity contribution in [3.05, 3.63) is 29.8 Å². The Kier molecular flexibility index (Phi) is 4.62. The third kappa shape index (κ3) is 3.42. The van der Waals surface area contributed by atoms with E-state index in [0.717, 1.165) is 5.69 Å². The third-order valence-electron chi connectivity index (χ3n) is 2.00. The van der Waals surface area contributed by atoms with Crippen LogP contribution in [0.5, 0.6) is 0 Å². The summed E-state index contributed by atoms with van der Waals surface area (Å²) in [4.78, 5) is 11.5. The fraction of sp³-hybridized carbons (Fsp3) is 0.417. The first kappa shape index (κ1) is 12.8. The van der Waals surface area contributed by atoms with E-state index >= 15 is 0 Å². The first-order valence-corrected chi connectivity index (χ1v) is 5.62. The van der Waals surface area contributed by atoms with Gasteiger partial charge >= 0.3 is 5.97 Å². The van der Waals surface area contributed by atoms with E-state index in [1.807, 2.05) is 20.8 Å². The third-order valence-corrected chi connectivity index (χ3v) is 2.44. The number of halogens is 1. The van der Waals surface area contributed by atoms with Gasteiger partial charge in [-0.1, -0.05) is 0 Å². The lowest BCUT2D eigenvalue weighted by Crippen LogP contribution is -2.12. The van der Waals surface area contributed by atoms with Gasteiger partial charge in [0, 0.05) is 18.3 Å². The molecule has 0 aliphatic heterocycles. The average molecular weight is 242 g/mol. The molecule has 16 heavy (non-hydrogen) atoms. The van der Waals surface area contributed by atoms with Crippen LogP contribution in [-0.4, -0.2) is 18.6 Å². The highest BCUT2D eigenvalue weighted by atomic mass is 35.5. The van der Waals surface area contributed by atoms with Crippen LogP contribution in [0.25, 0.3) is 0 Å². The first-order chi connectivity index (χ1) is 7.54. The van der Waals surface area contributed by atoms with E-state index in [0.29, 0.717) is 12.1 Å². The van der Waals surface area contributed by atoms with Gasteiger partial charge in [-0.05, 0) is 45.0 Å². The lowest BCUT2D eigenvalue weighted by atomic mass is 10.2. The highest BCUT2D eigenvalue weighted by Crippen LogP contribution is 2.17. The van der Waals surface area contributed by atoms with Crippen molar-refractivity contribution < 1.29 is 9.53 Å². The molecule has 0 unspecified atom stereocenters. The molecule has 1 aromatic rings. The zero-order valence-corrected chi connectivity index (χ0v) is 10.5. The average Bonchev–Trinajstić information content (AvgIpc) is 2.27. The standard InChI is InChI=1S/C12H16ClNO2/c1-4-14(13)11-7-5-10(6-8-11)12(15)16-9(2)3/h5-9H,4H2,1-3H3. The molecule has 0 saturated carbocycles. The monoisotopic (exact) mass is 241 g/mol. The molecule has 0 amide bonds. The first-order valence-electron chi connectivity index (χ1n) is 5.29. The molecule has 0 aliphatic rings. The maximum Gasteiger partial charge on any atom is 0.338 e. The minimum Gasteiger partial charge on any atom is -0.459 e. The van der Waals surface area contributed by atoms with Crippen molar-refractivity contribution in [3.8, 4) is 0 Å². The second-order valence-corrected chi connectivity index (χ2v) is 4.09. The minimum atomic E-state index is -0.306. The van der Waals surface area contributed by atoms with Crippen molar-refractivity contribution in [3.63, 3.8) is 0 Å². The Labute approximate surface area is 101 Å². The molecule has 4 heteroatoms. The summed E-state index contributed by atoms with van der Waals surface area (Å²) in [5.74, 6) is -0.306. The Balaban J connectivity index is 2.74. The predicted molar refractivity (Wildman–Crippen MR) is 65.9 cm³/mol. The molecule has 1 aromatic carbocycles. The van der Waals surface area contributed by atoms with Crippen LogP contribution in [-0.2, 0) is 4.74 Å². The fourth-order valence-corrected chi connectivity index (χ4v) is 1.34. The number of esters is 1. The summed E-state index contributed by atoms with van der Waals surface area (Å²) in [6.45, 7) is 6.30. The Bertz CT molecular complexity index is 349. The molecular formula is C12H16ClNO2. The van der Waals surface area contributed by atoms with Crippen molar-refractivity contribution >= 4 is 23.4 Å². The van der Waals surface area contributed by atoms with Gasteiger partial charge in [-0.25, -0.2) is 4.79 Å². The molecule has 0 bridgehead atoms. The molecule has 0 spiro atoms. The summed E-state index contributed by atoms with van der Waals surface area (Å²) < 4.78 is 6.66. The Hall–Kier alpha value is -1.22. The molecule has 0 radical (unpaired) electrons. The van der Waals surface area contributed by atoms with E-state index in [1.54, 1.807) is 28.7 Å². The van der Waals surface area contributed by atoms with Gasteiger partial charge in [0.05, 0.1) is 17.4 Å². The summed E-state index contributed by atoms with van der Waals surface area (Å²) in [5, 5.41) is 0. The summed E-state index contributed by atoms with van der Waals surface area (Å²) >= 11 is 5.92. The van der Waals surface area contributed by atoms with Crippen LogP contribution in [0.1, 0.15) is 31.1 Å². The maximum absolute atomic E-state index is 11.5. The molecular weight excluding hydrogens is 226 g/mol. The van der Waals surface area contributed by atoms with Crippen LogP contribution in [0, 0.1) is 0 Å². The van der Waals surface area contributed by atoms with Crippen LogP contribution < -0.4 is 4.42 Å². The summed E-state index contributed by atoms with van der Waals surface area (Å²) in [5.41, 5.74) is 1.41. The van der Waals surface area contributed by atoms with E-state index < -0.39 is 0 Å². The van der Waals surface area contributed by atoms with Crippen molar-refractivity contribution in [1.29, 1.82) is 0 Å². The SMILES string of the molecule is CCN(Cl)c1ccc(C(=O)OC(C)C)cc1. The molecule has 0 heterocycles. The topological polar surface area (TPSA) is 29.5 Å². The van der Waals surface area contributed by atoms with Gasteiger partial charge in [0.15, 0.2) is 0 Å². The van der Waals surface area contributed by atoms with Gasteiger partial charge in [0.2, 0.25) is 0 Å². The summed E-state index contributed by atoms with van der Waals surface area (Å²) in [6, 6.07) is 7.02. The quantitative estimate of drug-likeness (QED) is 0.599. The summed E-state index contributed by atoms with van der Waals surface area (Å²) in [6.07, 6.45) is -0.104. The van der Waals surface area contributed by atoms with Crippen molar-refractivity contribution in [2.75, 3.05) is 11.0 Å². The largest absolute Gasteiger partial charge is 0.459 e. The van der Waals surface area contributed by atoms with E-state index in [4.69, 9.17) is 16.5 Å². The summed E-state index contributed by atoms with van der Waals surface area (Å²) in [7, 11) is 0. The van der Waals surface area contributed by atoms with Crippen molar-refractivity contribution in [2.45, 2.75) is 26.9 Å². The number of carbonyl (C=O) groups is 1. The van der Waals surface area contributed by atoms with Crippen LogP contribution in [0.2, 0.25) is 0 Å². The lowest BCUT2D eigenvalue weighted by molar-refractivity contribution is 0.0378. The molecule has 0 saturated heterocycles. The Morgan fingerprint density at radius 3 is 2.38 bits per heavy atom. The van der Waals surface area contributed by atoms with Crippen LogP contribution >= 0.6 is 11.8 Å². The highest BCUT2D eigenvalue weighted by Gasteiger charge is 2.09. The Morgan fingerprint density at radius 1 is 1.38 bits per heavy atom. The molecule has 0 atom stereocenters. The minimum absolute atomic E-state index is 0.104. The lowest BCUT2D eigenvalue weighted by Gasteiger charge is -2.13. The number of hydrogen-bond acceptors (Lipinski definition) is 3. The van der Waals surface area contributed by atoms with Gasteiger partial charge < -0.3 is 4.74 Å². The van der Waals surface area contributed by atoms with E-state index in [-0.39, 0.29) is 12.1 Å². The van der Waals surface area contributed by atoms with Crippen molar-refractivity contribution in [2.24, 2.45) is 0 Å². The number of rotatable bonds is 4. The normalized spacial score (nSPS) is 10.3. The van der Waals surface area contributed by atoms with Crippen molar-refractivity contribution in [1.82, 2.24) is 0 Å². The van der Waals surface area contributed by atoms with Gasteiger partial charge in [-0.2, -0.15) is 0 Å². The molecule has 88 valence electrons. The fourth-order valence-electron chi connectivity index (χ4n) is 1.22. The Morgan fingerprint density at radius 2 is 1.94 bits per heavy atom. The number of hydrogen-bond donors (Lipinski definition) is 0. The second-order valence-electron chi connectivity index (χ2n) is 3.68. The molecule has 0 fully saturated rings. The number of anilines is 1. The zero-order valence-electron chi connectivity index (χ0n) is 9.74. The van der Waals surface area contributed by atoms with Crippen LogP contribution in [0.15, 0.2) is 24.3 Å². The molecule has 0 N–H and O–H groups in total. The van der Waals surface area contributed by atoms with Gasteiger partial charge in [-0.15, -0.1) is 0 Å². The smallest absolute Gasteiger partial charge is 0.338 e. The van der Waals surface area contributed by atoms with Crippen LogP contribution in [0.3, 0.4) is 0 Å². The van der Waals surface area contributed by atoms with Crippen LogP contribution in [0.4, 0.5) is 5.69 Å².